The minimum Gasteiger partial charge on any atom is -0.356 e. The normalized spacial score (nSPS) is 21.4. The van der Waals surface area contributed by atoms with E-state index in [-0.39, 0.29) is 4.90 Å². The summed E-state index contributed by atoms with van der Waals surface area (Å²) in [7, 11) is -0.254. The lowest BCUT2D eigenvalue weighted by molar-refractivity contribution is 0.270. The minimum atomic E-state index is -3.42. The molecule has 0 heterocycles. The van der Waals surface area contributed by atoms with Crippen LogP contribution in [0, 0.1) is 11.8 Å². The van der Waals surface area contributed by atoms with Crippen molar-refractivity contribution in [2.45, 2.75) is 50.5 Å². The van der Waals surface area contributed by atoms with Gasteiger partial charge in [0.1, 0.15) is 0 Å². The van der Waals surface area contributed by atoms with E-state index in [0.29, 0.717) is 6.54 Å². The van der Waals surface area contributed by atoms with Crippen LogP contribution in [0.25, 0.3) is 0 Å². The summed E-state index contributed by atoms with van der Waals surface area (Å²) in [6, 6.07) is 6.92. The highest BCUT2D eigenvalue weighted by atomic mass is 32.2. The molecule has 6 nitrogen and oxygen atoms in total. The van der Waals surface area contributed by atoms with Crippen molar-refractivity contribution in [3.05, 3.63) is 29.8 Å². The number of hydrogen-bond acceptors (Lipinski definition) is 3. The summed E-state index contributed by atoms with van der Waals surface area (Å²) in [4.78, 5) is 4.52. The SMILES string of the molecule is CN=C(NCCC1CCCC(C)C1)NCc1cccc(S(=O)(=O)NC)c1. The second-order valence-electron chi connectivity index (χ2n) is 7.13. The van der Waals surface area contributed by atoms with E-state index < -0.39 is 10.0 Å². The molecule has 0 bridgehead atoms. The Bertz CT molecular complexity index is 703. The van der Waals surface area contributed by atoms with Gasteiger partial charge in [0, 0.05) is 20.1 Å². The van der Waals surface area contributed by atoms with Gasteiger partial charge in [0.25, 0.3) is 0 Å². The van der Waals surface area contributed by atoms with E-state index in [1.54, 1.807) is 25.2 Å². The molecule has 0 radical (unpaired) electrons. The van der Waals surface area contributed by atoms with Crippen LogP contribution in [0.1, 0.15) is 44.6 Å². The fraction of sp³-hybridized carbons (Fsp3) is 0.632. The van der Waals surface area contributed by atoms with Crippen LogP contribution in [0.15, 0.2) is 34.2 Å². The van der Waals surface area contributed by atoms with Crippen LogP contribution in [0.5, 0.6) is 0 Å². The van der Waals surface area contributed by atoms with E-state index in [0.717, 1.165) is 29.9 Å². The summed E-state index contributed by atoms with van der Waals surface area (Å²) in [5.41, 5.74) is 0.894. The van der Waals surface area contributed by atoms with Crippen molar-refractivity contribution in [1.29, 1.82) is 0 Å². The molecule has 3 N–H and O–H groups in total. The monoisotopic (exact) mass is 380 g/mol. The van der Waals surface area contributed by atoms with Crippen LogP contribution < -0.4 is 15.4 Å². The molecule has 26 heavy (non-hydrogen) atoms. The minimum absolute atomic E-state index is 0.272. The highest BCUT2D eigenvalue weighted by Crippen LogP contribution is 2.30. The second kappa shape index (κ2) is 9.92. The first kappa shape index (κ1) is 20.7. The predicted molar refractivity (Wildman–Crippen MR) is 107 cm³/mol. The Morgan fingerprint density at radius 2 is 2.08 bits per heavy atom. The van der Waals surface area contributed by atoms with Gasteiger partial charge in [0.05, 0.1) is 4.90 Å². The van der Waals surface area contributed by atoms with Crippen molar-refractivity contribution in [1.82, 2.24) is 15.4 Å². The molecular weight excluding hydrogens is 348 g/mol. The largest absolute Gasteiger partial charge is 0.356 e. The van der Waals surface area contributed by atoms with Crippen LogP contribution in [0.3, 0.4) is 0 Å². The summed E-state index contributed by atoms with van der Waals surface area (Å²) in [6.45, 7) is 3.78. The number of nitrogens with zero attached hydrogens (tertiary/aromatic N) is 1. The average molecular weight is 381 g/mol. The molecular formula is C19H32N4O2S. The standard InChI is InChI=1S/C19H32N4O2S/c1-15-6-4-7-16(12-15)10-11-22-19(20-2)23-14-17-8-5-9-18(13-17)26(24,25)21-3/h5,8-9,13,15-16,21H,4,6-7,10-12,14H2,1-3H3,(H2,20,22,23). The molecule has 146 valence electrons. The van der Waals surface area contributed by atoms with Crippen molar-refractivity contribution in [3.8, 4) is 0 Å². The van der Waals surface area contributed by atoms with Crippen LogP contribution in [-0.2, 0) is 16.6 Å². The summed E-state index contributed by atoms with van der Waals surface area (Å²) >= 11 is 0. The third kappa shape index (κ3) is 6.29. The Kier molecular flexibility index (Phi) is 7.90. The Labute approximate surface area is 157 Å². The summed E-state index contributed by atoms with van der Waals surface area (Å²) < 4.78 is 26.1. The Hall–Kier alpha value is -1.60. The molecule has 1 aromatic carbocycles. The summed E-state index contributed by atoms with van der Waals surface area (Å²) in [6.07, 6.45) is 6.56. The van der Waals surface area contributed by atoms with Gasteiger partial charge in [-0.1, -0.05) is 38.3 Å². The summed E-state index contributed by atoms with van der Waals surface area (Å²) in [5.74, 6) is 2.41. The van der Waals surface area contributed by atoms with Gasteiger partial charge in [-0.05, 0) is 49.4 Å². The molecule has 0 spiro atoms. The number of rotatable bonds is 7. The lowest BCUT2D eigenvalue weighted by Crippen LogP contribution is -2.38. The highest BCUT2D eigenvalue weighted by molar-refractivity contribution is 7.89. The number of hydrogen-bond donors (Lipinski definition) is 3. The van der Waals surface area contributed by atoms with Gasteiger partial charge in [-0.15, -0.1) is 0 Å². The van der Waals surface area contributed by atoms with Gasteiger partial charge < -0.3 is 10.6 Å². The third-order valence-electron chi connectivity index (χ3n) is 5.05. The van der Waals surface area contributed by atoms with E-state index in [2.05, 4.69) is 27.3 Å². The van der Waals surface area contributed by atoms with Crippen molar-refractivity contribution in [3.63, 3.8) is 0 Å². The fourth-order valence-corrected chi connectivity index (χ4v) is 4.36. The lowest BCUT2D eigenvalue weighted by Gasteiger charge is -2.26. The van der Waals surface area contributed by atoms with Crippen LogP contribution in [-0.4, -0.2) is 35.0 Å². The van der Waals surface area contributed by atoms with Gasteiger partial charge in [0.2, 0.25) is 10.0 Å². The molecule has 0 aliphatic heterocycles. The maximum absolute atomic E-state index is 11.9. The molecule has 1 fully saturated rings. The van der Waals surface area contributed by atoms with E-state index >= 15 is 0 Å². The van der Waals surface area contributed by atoms with Crippen LogP contribution in [0.4, 0.5) is 0 Å². The van der Waals surface area contributed by atoms with Gasteiger partial charge in [-0.25, -0.2) is 13.1 Å². The maximum atomic E-state index is 11.9. The van der Waals surface area contributed by atoms with E-state index in [9.17, 15) is 8.42 Å². The van der Waals surface area contributed by atoms with Crippen molar-refractivity contribution in [2.75, 3.05) is 20.6 Å². The Morgan fingerprint density at radius 1 is 1.27 bits per heavy atom. The molecule has 0 amide bonds. The van der Waals surface area contributed by atoms with Crippen molar-refractivity contribution < 1.29 is 8.42 Å². The van der Waals surface area contributed by atoms with E-state index in [4.69, 9.17) is 0 Å². The number of guanidine groups is 1. The second-order valence-corrected chi connectivity index (χ2v) is 9.02. The zero-order valence-electron chi connectivity index (χ0n) is 16.1. The highest BCUT2D eigenvalue weighted by Gasteiger charge is 2.18. The number of benzene rings is 1. The van der Waals surface area contributed by atoms with Crippen LogP contribution in [0.2, 0.25) is 0 Å². The maximum Gasteiger partial charge on any atom is 0.240 e. The zero-order chi connectivity index (χ0) is 19.0. The van der Waals surface area contributed by atoms with Crippen LogP contribution >= 0.6 is 0 Å². The molecule has 7 heteroatoms. The molecule has 1 aliphatic rings. The van der Waals surface area contributed by atoms with Gasteiger partial charge in [0.15, 0.2) is 5.96 Å². The molecule has 2 unspecified atom stereocenters. The zero-order valence-corrected chi connectivity index (χ0v) is 16.9. The number of sulfonamides is 1. The fourth-order valence-electron chi connectivity index (χ4n) is 3.56. The predicted octanol–water partition coefficient (Wildman–Crippen LogP) is 2.48. The topological polar surface area (TPSA) is 82.6 Å². The molecule has 0 saturated heterocycles. The smallest absolute Gasteiger partial charge is 0.240 e. The molecule has 1 aromatic rings. The first-order chi connectivity index (χ1) is 12.4. The first-order valence-electron chi connectivity index (χ1n) is 9.41. The first-order valence-corrected chi connectivity index (χ1v) is 10.9. The van der Waals surface area contributed by atoms with Gasteiger partial charge in [-0.2, -0.15) is 0 Å². The number of nitrogens with one attached hydrogen (secondary N) is 3. The Balaban J connectivity index is 1.81. The van der Waals surface area contributed by atoms with Gasteiger partial charge >= 0.3 is 0 Å². The lowest BCUT2D eigenvalue weighted by atomic mass is 9.81. The molecule has 0 aromatic heterocycles. The Morgan fingerprint density at radius 3 is 2.77 bits per heavy atom. The summed E-state index contributed by atoms with van der Waals surface area (Å²) in [5, 5.41) is 6.62. The van der Waals surface area contributed by atoms with Crippen molar-refractivity contribution in [2.24, 2.45) is 16.8 Å². The van der Waals surface area contributed by atoms with Gasteiger partial charge in [-0.3, -0.25) is 4.99 Å². The third-order valence-corrected chi connectivity index (χ3v) is 6.46. The van der Waals surface area contributed by atoms with E-state index in [1.165, 1.54) is 39.2 Å². The molecule has 2 rings (SSSR count). The quantitative estimate of drug-likeness (QED) is 0.501. The molecule has 2 atom stereocenters. The number of aliphatic imine (C=N–C) groups is 1. The van der Waals surface area contributed by atoms with Crippen molar-refractivity contribution >= 4 is 16.0 Å². The molecule has 1 saturated carbocycles. The van der Waals surface area contributed by atoms with E-state index in [1.807, 2.05) is 6.07 Å². The average Bonchev–Trinajstić information content (AvgIpc) is 2.65. The molecule has 1 aliphatic carbocycles.